The predicted molar refractivity (Wildman–Crippen MR) is 153 cm³/mol. The van der Waals surface area contributed by atoms with Crippen molar-refractivity contribution in [2.24, 2.45) is 10.2 Å². The topological polar surface area (TPSA) is 48.3 Å². The normalized spacial score (nSPS) is 18.5. The molecule has 182 valence electrons. The maximum atomic E-state index is 12.7. The maximum absolute atomic E-state index is 12.7. The zero-order valence-electron chi connectivity index (χ0n) is 20.3. The van der Waals surface area contributed by atoms with Gasteiger partial charge in [-0.25, -0.2) is 10.0 Å². The molecule has 0 fully saturated rings. The van der Waals surface area contributed by atoms with Crippen LogP contribution in [-0.4, -0.2) is 16.5 Å². The second-order valence-electron chi connectivity index (χ2n) is 8.97. The van der Waals surface area contributed by atoms with Gasteiger partial charge in [-0.3, -0.25) is 4.79 Å². The van der Waals surface area contributed by atoms with Crippen molar-refractivity contribution in [3.05, 3.63) is 130 Å². The van der Waals surface area contributed by atoms with Crippen LogP contribution in [0.3, 0.4) is 0 Å². The highest BCUT2D eigenvalue weighted by Crippen LogP contribution is 2.55. The Morgan fingerprint density at radius 2 is 1.49 bits per heavy atom. The van der Waals surface area contributed by atoms with E-state index in [1.54, 1.807) is 6.92 Å². The molecule has 1 atom stereocenters. The third-order valence-corrected chi connectivity index (χ3v) is 8.06. The molecule has 0 N–H and O–H groups in total. The standard InChI is InChI=1S/C30H23ClN4OS/c1-20-15-17-22(18-16-20)28-26-13-6-7-14-27(26)30(34(32-28)24-10-4-3-5-11-24)35(33-29(37-30)21(2)36)25-12-8-9-23(31)19-25/h3-19H,1-2H3/t30-/m0/s1. The second kappa shape index (κ2) is 9.21. The number of carbonyl (C=O) groups is 1. The average Bonchev–Trinajstić information content (AvgIpc) is 3.32. The summed E-state index contributed by atoms with van der Waals surface area (Å²) in [6.45, 7) is 3.62. The van der Waals surface area contributed by atoms with E-state index in [9.17, 15) is 4.79 Å². The summed E-state index contributed by atoms with van der Waals surface area (Å²) in [5.74, 6) is -0.104. The van der Waals surface area contributed by atoms with E-state index in [1.165, 1.54) is 17.3 Å². The highest BCUT2D eigenvalue weighted by Gasteiger charge is 2.55. The van der Waals surface area contributed by atoms with Crippen LogP contribution in [0.25, 0.3) is 0 Å². The van der Waals surface area contributed by atoms with Crippen LogP contribution in [0, 0.1) is 6.92 Å². The summed E-state index contributed by atoms with van der Waals surface area (Å²) in [6.07, 6.45) is 0. The van der Waals surface area contributed by atoms with Gasteiger partial charge < -0.3 is 0 Å². The van der Waals surface area contributed by atoms with Crippen LogP contribution in [0.15, 0.2) is 113 Å². The van der Waals surface area contributed by atoms with Gasteiger partial charge in [0.25, 0.3) is 0 Å². The number of thioether (sulfide) groups is 1. The molecule has 2 aliphatic heterocycles. The fourth-order valence-corrected chi connectivity index (χ4v) is 6.15. The number of hydrogen-bond acceptors (Lipinski definition) is 6. The molecule has 37 heavy (non-hydrogen) atoms. The smallest absolute Gasteiger partial charge is 0.234 e. The predicted octanol–water partition coefficient (Wildman–Crippen LogP) is 7.19. The van der Waals surface area contributed by atoms with Gasteiger partial charge in [0.2, 0.25) is 4.99 Å². The third kappa shape index (κ3) is 3.93. The molecule has 0 unspecified atom stereocenters. The van der Waals surface area contributed by atoms with Gasteiger partial charge in [0.05, 0.1) is 17.1 Å². The van der Waals surface area contributed by atoms with E-state index in [2.05, 4.69) is 43.3 Å². The molecule has 7 heteroatoms. The van der Waals surface area contributed by atoms with Crippen LogP contribution < -0.4 is 10.0 Å². The SMILES string of the molecule is CC(=O)C1=NN(c2cccc(Cl)c2)[C@]2(S1)c1ccccc1C(c1ccc(C)cc1)=NN2c1ccccc1. The molecule has 2 heterocycles. The lowest BCUT2D eigenvalue weighted by atomic mass is 9.93. The lowest BCUT2D eigenvalue weighted by Crippen LogP contribution is -2.54. The molecule has 0 saturated carbocycles. The zero-order chi connectivity index (χ0) is 25.6. The first-order chi connectivity index (χ1) is 18.0. The number of ketones is 1. The fraction of sp³-hybridized carbons (Fsp3) is 0.100. The molecule has 6 rings (SSSR count). The van der Waals surface area contributed by atoms with Crippen LogP contribution in [-0.2, 0) is 9.79 Å². The summed E-state index contributed by atoms with van der Waals surface area (Å²) in [5, 5.41) is 15.0. The molecule has 0 bridgehead atoms. The lowest BCUT2D eigenvalue weighted by molar-refractivity contribution is -0.110. The van der Waals surface area contributed by atoms with Crippen molar-refractivity contribution in [3.8, 4) is 0 Å². The molecule has 4 aromatic rings. The average molecular weight is 523 g/mol. The number of anilines is 2. The monoisotopic (exact) mass is 522 g/mol. The van der Waals surface area contributed by atoms with Gasteiger partial charge in [-0.05, 0) is 49.0 Å². The number of halogens is 1. The summed E-state index contributed by atoms with van der Waals surface area (Å²) in [6, 6.07) is 34.1. The molecule has 2 aliphatic rings. The maximum Gasteiger partial charge on any atom is 0.234 e. The van der Waals surface area contributed by atoms with Crippen molar-refractivity contribution in [2.45, 2.75) is 18.8 Å². The largest absolute Gasteiger partial charge is 0.292 e. The number of carbonyl (C=O) groups excluding carboxylic acids is 1. The van der Waals surface area contributed by atoms with E-state index in [1.807, 2.05) is 76.7 Å². The number of fused-ring (bicyclic) bond motifs is 2. The second-order valence-corrected chi connectivity index (χ2v) is 10.6. The van der Waals surface area contributed by atoms with Gasteiger partial charge in [-0.2, -0.15) is 10.2 Å². The van der Waals surface area contributed by atoms with Gasteiger partial charge in [0.15, 0.2) is 10.8 Å². The minimum absolute atomic E-state index is 0.104. The Morgan fingerprint density at radius 3 is 2.22 bits per heavy atom. The van der Waals surface area contributed by atoms with E-state index in [0.717, 1.165) is 33.8 Å². The van der Waals surface area contributed by atoms with Crippen molar-refractivity contribution < 1.29 is 4.79 Å². The summed E-state index contributed by atoms with van der Waals surface area (Å²) in [5.41, 5.74) is 6.66. The molecule has 0 amide bonds. The number of Topliss-reactive ketones (excluding diaryl/α,β-unsaturated/α-hetero) is 1. The fourth-order valence-electron chi connectivity index (χ4n) is 4.68. The Kier molecular flexibility index (Phi) is 5.86. The van der Waals surface area contributed by atoms with E-state index in [0.29, 0.717) is 10.1 Å². The lowest BCUT2D eigenvalue weighted by Gasteiger charge is -2.47. The summed E-state index contributed by atoms with van der Waals surface area (Å²) in [7, 11) is 0. The number of rotatable bonds is 4. The van der Waals surface area contributed by atoms with Crippen LogP contribution in [0.1, 0.15) is 29.2 Å². The Balaban J connectivity index is 1.66. The number of nitrogens with zero attached hydrogens (tertiary/aromatic N) is 4. The van der Waals surface area contributed by atoms with E-state index in [4.69, 9.17) is 21.8 Å². The molecule has 4 aromatic carbocycles. The number of hydrazone groups is 2. The van der Waals surface area contributed by atoms with Crippen molar-refractivity contribution in [3.63, 3.8) is 0 Å². The highest BCUT2D eigenvalue weighted by molar-refractivity contribution is 8.17. The van der Waals surface area contributed by atoms with Crippen LogP contribution in [0.2, 0.25) is 5.02 Å². The molecular weight excluding hydrogens is 500 g/mol. The molecule has 1 spiro atoms. The third-order valence-electron chi connectivity index (χ3n) is 6.42. The van der Waals surface area contributed by atoms with Crippen molar-refractivity contribution in [1.29, 1.82) is 0 Å². The van der Waals surface area contributed by atoms with Gasteiger partial charge in [0.1, 0.15) is 0 Å². The first kappa shape index (κ1) is 23.5. The van der Waals surface area contributed by atoms with Gasteiger partial charge >= 0.3 is 0 Å². The van der Waals surface area contributed by atoms with Gasteiger partial charge in [-0.15, -0.1) is 0 Å². The first-order valence-electron chi connectivity index (χ1n) is 11.9. The molecule has 0 saturated heterocycles. The van der Waals surface area contributed by atoms with Crippen LogP contribution in [0.5, 0.6) is 0 Å². The minimum Gasteiger partial charge on any atom is -0.292 e. The van der Waals surface area contributed by atoms with Crippen LogP contribution >= 0.6 is 23.4 Å². The Morgan fingerprint density at radius 1 is 0.811 bits per heavy atom. The Bertz CT molecular complexity index is 1570. The summed E-state index contributed by atoms with van der Waals surface area (Å²) >= 11 is 7.83. The molecule has 0 radical (unpaired) electrons. The number of hydrogen-bond donors (Lipinski definition) is 0. The van der Waals surface area contributed by atoms with Crippen molar-refractivity contribution in [1.82, 2.24) is 0 Å². The van der Waals surface area contributed by atoms with Crippen molar-refractivity contribution >= 4 is 51.3 Å². The molecular formula is C30H23ClN4OS. The Labute approximate surface area is 225 Å². The molecule has 5 nitrogen and oxygen atoms in total. The first-order valence-corrected chi connectivity index (χ1v) is 13.1. The number of para-hydroxylation sites is 1. The molecule has 0 aliphatic carbocycles. The van der Waals surface area contributed by atoms with E-state index < -0.39 is 4.99 Å². The summed E-state index contributed by atoms with van der Waals surface area (Å²) < 4.78 is 0. The van der Waals surface area contributed by atoms with E-state index in [-0.39, 0.29) is 5.78 Å². The minimum atomic E-state index is -0.988. The van der Waals surface area contributed by atoms with Crippen molar-refractivity contribution in [2.75, 3.05) is 10.0 Å². The molecule has 0 aromatic heterocycles. The Hall–Kier alpha value is -3.87. The zero-order valence-corrected chi connectivity index (χ0v) is 21.9. The van der Waals surface area contributed by atoms with Gasteiger partial charge in [0, 0.05) is 28.6 Å². The number of aryl methyl sites for hydroxylation is 1. The quantitative estimate of drug-likeness (QED) is 0.284. The van der Waals surface area contributed by atoms with E-state index >= 15 is 0 Å². The summed E-state index contributed by atoms with van der Waals surface area (Å²) in [4.78, 5) is 11.7. The number of benzene rings is 4. The van der Waals surface area contributed by atoms with Crippen LogP contribution in [0.4, 0.5) is 11.4 Å². The van der Waals surface area contributed by atoms with Gasteiger partial charge in [-0.1, -0.05) is 90.0 Å². The highest BCUT2D eigenvalue weighted by atomic mass is 35.5.